The Kier molecular flexibility index (Phi) is 4.05. The zero-order chi connectivity index (χ0) is 9.52. The molecule has 1 aliphatic rings. The molecule has 0 amide bonds. The molecule has 0 atom stereocenters. The van der Waals surface area contributed by atoms with Gasteiger partial charge in [0.2, 0.25) is 5.76 Å². The van der Waals surface area contributed by atoms with Crippen molar-refractivity contribution in [2.24, 2.45) is 0 Å². The van der Waals surface area contributed by atoms with Crippen LogP contribution in [0.1, 0.15) is 23.4 Å². The lowest BCUT2D eigenvalue weighted by molar-refractivity contribution is 0.0662. The smallest absolute Gasteiger partial charge is 0.371 e. The summed E-state index contributed by atoms with van der Waals surface area (Å²) in [7, 11) is 0. The highest BCUT2D eigenvalue weighted by Gasteiger charge is 2.01. The van der Waals surface area contributed by atoms with Crippen LogP contribution in [0.3, 0.4) is 0 Å². The van der Waals surface area contributed by atoms with Crippen molar-refractivity contribution in [1.29, 1.82) is 0 Å². The zero-order valence-electron chi connectivity index (χ0n) is 7.23. The molecule has 1 aliphatic heterocycles. The zero-order valence-corrected chi connectivity index (χ0v) is 7.23. The molecule has 0 aromatic carbocycles. The molecule has 2 heterocycles. The fraction of sp³-hybridized carbons (Fsp3) is 0.444. The summed E-state index contributed by atoms with van der Waals surface area (Å²) in [6.45, 7) is 2.00. The van der Waals surface area contributed by atoms with Crippen molar-refractivity contribution >= 4 is 5.97 Å². The van der Waals surface area contributed by atoms with E-state index >= 15 is 0 Å². The Morgan fingerprint density at radius 3 is 2.31 bits per heavy atom. The normalized spacial score (nSPS) is 14.8. The van der Waals surface area contributed by atoms with Gasteiger partial charge in [0.05, 0.1) is 6.26 Å². The number of hydrogen-bond donors (Lipinski definition) is 1. The number of rotatable bonds is 1. The standard InChI is InChI=1S/C5H4O3.C4H8O/c6-5(7)4-2-1-3-8-4;1-2-4-5-3-1/h1-3H,(H,6,7);1-4H2. The van der Waals surface area contributed by atoms with Gasteiger partial charge in [-0.2, -0.15) is 0 Å². The topological polar surface area (TPSA) is 59.7 Å². The van der Waals surface area contributed by atoms with Crippen molar-refractivity contribution in [2.45, 2.75) is 12.8 Å². The van der Waals surface area contributed by atoms with E-state index in [1.54, 1.807) is 0 Å². The van der Waals surface area contributed by atoms with Crippen molar-refractivity contribution in [3.63, 3.8) is 0 Å². The number of carbonyl (C=O) groups is 1. The lowest BCUT2D eigenvalue weighted by Crippen LogP contribution is -1.90. The van der Waals surface area contributed by atoms with Crippen molar-refractivity contribution in [1.82, 2.24) is 0 Å². The van der Waals surface area contributed by atoms with Crippen LogP contribution in [0.25, 0.3) is 0 Å². The van der Waals surface area contributed by atoms with Crippen LogP contribution in [0, 0.1) is 0 Å². The maximum atomic E-state index is 9.97. The molecule has 0 unspecified atom stereocenters. The Hall–Kier alpha value is -1.29. The van der Waals surface area contributed by atoms with Gasteiger partial charge in [-0.25, -0.2) is 4.79 Å². The molecule has 0 saturated carbocycles. The first-order valence-corrected chi connectivity index (χ1v) is 4.15. The van der Waals surface area contributed by atoms with Gasteiger partial charge < -0.3 is 14.3 Å². The molecule has 1 N–H and O–H groups in total. The van der Waals surface area contributed by atoms with Crippen LogP contribution in [0.5, 0.6) is 0 Å². The molecule has 1 saturated heterocycles. The maximum absolute atomic E-state index is 9.97. The Labute approximate surface area is 76.1 Å². The van der Waals surface area contributed by atoms with E-state index in [4.69, 9.17) is 9.84 Å². The molecule has 1 aromatic rings. The predicted molar refractivity (Wildman–Crippen MR) is 45.7 cm³/mol. The summed E-state index contributed by atoms with van der Waals surface area (Å²) in [6.07, 6.45) is 3.88. The minimum atomic E-state index is -1.03. The van der Waals surface area contributed by atoms with Crippen LogP contribution in [-0.4, -0.2) is 24.3 Å². The number of hydrogen-bond acceptors (Lipinski definition) is 3. The summed E-state index contributed by atoms with van der Waals surface area (Å²) in [5.41, 5.74) is 0. The highest BCUT2D eigenvalue weighted by atomic mass is 16.5. The molecule has 0 aliphatic carbocycles. The highest BCUT2D eigenvalue weighted by Crippen LogP contribution is 1.98. The third kappa shape index (κ3) is 3.75. The van der Waals surface area contributed by atoms with E-state index in [2.05, 4.69) is 4.42 Å². The summed E-state index contributed by atoms with van der Waals surface area (Å²) in [5.74, 6) is -1.06. The summed E-state index contributed by atoms with van der Waals surface area (Å²) >= 11 is 0. The van der Waals surface area contributed by atoms with E-state index in [9.17, 15) is 4.79 Å². The molecule has 1 fully saturated rings. The monoisotopic (exact) mass is 184 g/mol. The molecule has 0 radical (unpaired) electrons. The van der Waals surface area contributed by atoms with Crippen LogP contribution in [0.2, 0.25) is 0 Å². The van der Waals surface area contributed by atoms with Crippen LogP contribution in [-0.2, 0) is 4.74 Å². The Morgan fingerprint density at radius 2 is 2.08 bits per heavy atom. The number of ether oxygens (including phenoxy) is 1. The second-order valence-electron chi connectivity index (χ2n) is 2.60. The van der Waals surface area contributed by atoms with Crippen LogP contribution >= 0.6 is 0 Å². The average molecular weight is 184 g/mol. The van der Waals surface area contributed by atoms with Crippen molar-refractivity contribution < 1.29 is 19.1 Å². The fourth-order valence-corrected chi connectivity index (χ4v) is 0.911. The first-order chi connectivity index (χ1) is 6.30. The van der Waals surface area contributed by atoms with Crippen LogP contribution in [0.4, 0.5) is 0 Å². The van der Waals surface area contributed by atoms with E-state index in [0.29, 0.717) is 0 Å². The molecule has 1 aromatic heterocycles. The van der Waals surface area contributed by atoms with Gasteiger partial charge in [0.1, 0.15) is 0 Å². The lowest BCUT2D eigenvalue weighted by Gasteiger charge is -1.79. The first kappa shape index (κ1) is 9.80. The minimum absolute atomic E-state index is 0.0231. The molecule has 72 valence electrons. The van der Waals surface area contributed by atoms with Crippen molar-refractivity contribution in [2.75, 3.05) is 13.2 Å². The number of carboxylic acids is 1. The summed E-state index contributed by atoms with van der Waals surface area (Å²) in [6, 6.07) is 2.92. The Balaban J connectivity index is 0.000000145. The fourth-order valence-electron chi connectivity index (χ4n) is 0.911. The molecule has 4 heteroatoms. The van der Waals surface area contributed by atoms with E-state index in [1.807, 2.05) is 0 Å². The van der Waals surface area contributed by atoms with E-state index in [0.717, 1.165) is 13.2 Å². The second kappa shape index (κ2) is 5.37. The van der Waals surface area contributed by atoms with E-state index in [-0.39, 0.29) is 5.76 Å². The second-order valence-corrected chi connectivity index (χ2v) is 2.60. The third-order valence-electron chi connectivity index (χ3n) is 1.56. The maximum Gasteiger partial charge on any atom is 0.371 e. The van der Waals surface area contributed by atoms with Crippen molar-refractivity contribution in [3.8, 4) is 0 Å². The molecular weight excluding hydrogens is 172 g/mol. The summed E-state index contributed by atoms with van der Waals surface area (Å²) < 4.78 is 9.44. The lowest BCUT2D eigenvalue weighted by atomic mass is 10.4. The van der Waals surface area contributed by atoms with Gasteiger partial charge in [0.15, 0.2) is 0 Å². The Morgan fingerprint density at radius 1 is 1.38 bits per heavy atom. The predicted octanol–water partition coefficient (Wildman–Crippen LogP) is 1.77. The largest absolute Gasteiger partial charge is 0.475 e. The van der Waals surface area contributed by atoms with Gasteiger partial charge in [-0.1, -0.05) is 0 Å². The van der Waals surface area contributed by atoms with E-state index in [1.165, 1.54) is 31.2 Å². The molecule has 0 bridgehead atoms. The summed E-state index contributed by atoms with van der Waals surface area (Å²) in [4.78, 5) is 9.97. The molecule has 0 spiro atoms. The first-order valence-electron chi connectivity index (χ1n) is 4.15. The van der Waals surface area contributed by atoms with Gasteiger partial charge in [0.25, 0.3) is 0 Å². The van der Waals surface area contributed by atoms with Crippen LogP contribution < -0.4 is 0 Å². The number of carboxylic acid groups (broad SMARTS) is 1. The van der Waals surface area contributed by atoms with E-state index < -0.39 is 5.97 Å². The molecule has 2 rings (SSSR count). The Bertz CT molecular complexity index is 229. The molecule has 13 heavy (non-hydrogen) atoms. The van der Waals surface area contributed by atoms with Gasteiger partial charge in [-0.05, 0) is 25.0 Å². The average Bonchev–Trinajstić information content (AvgIpc) is 2.82. The molecule has 4 nitrogen and oxygen atoms in total. The van der Waals surface area contributed by atoms with Gasteiger partial charge in [0, 0.05) is 13.2 Å². The number of aromatic carboxylic acids is 1. The molecular formula is C9H12O4. The third-order valence-corrected chi connectivity index (χ3v) is 1.56. The quantitative estimate of drug-likeness (QED) is 0.722. The van der Waals surface area contributed by atoms with Gasteiger partial charge >= 0.3 is 5.97 Å². The van der Waals surface area contributed by atoms with Gasteiger partial charge in [-0.3, -0.25) is 0 Å². The SMILES string of the molecule is C1CCOC1.O=C(O)c1ccco1. The van der Waals surface area contributed by atoms with Crippen LogP contribution in [0.15, 0.2) is 22.8 Å². The summed E-state index contributed by atoms with van der Waals surface area (Å²) in [5, 5.41) is 8.18. The number of furan rings is 1. The minimum Gasteiger partial charge on any atom is -0.475 e. The highest BCUT2D eigenvalue weighted by molar-refractivity contribution is 5.84. The van der Waals surface area contributed by atoms with Crippen molar-refractivity contribution in [3.05, 3.63) is 24.2 Å². The van der Waals surface area contributed by atoms with Gasteiger partial charge in [-0.15, -0.1) is 0 Å².